The van der Waals surface area contributed by atoms with Gasteiger partial charge in [-0.25, -0.2) is 0 Å². The largest absolute Gasteiger partial charge is 0.323 e. The number of nitrogens with zero attached hydrogens (tertiary/aromatic N) is 2. The molecule has 78 valence electrons. The number of nitrogens with one attached hydrogen (secondary N) is 1. The van der Waals surface area contributed by atoms with Crippen LogP contribution in [0.25, 0.3) is 0 Å². The molecule has 1 amide bonds. The maximum Gasteiger partial charge on any atom is 0.225 e. The third kappa shape index (κ3) is 2.26. The van der Waals surface area contributed by atoms with Gasteiger partial charge >= 0.3 is 0 Å². The second kappa shape index (κ2) is 4.46. The monoisotopic (exact) mass is 215 g/mol. The zero-order valence-corrected chi connectivity index (χ0v) is 9.35. The van der Waals surface area contributed by atoms with Crippen LogP contribution in [-0.4, -0.2) is 21.6 Å². The molecule has 0 saturated heterocycles. The molecule has 0 unspecified atom stereocenters. The van der Waals surface area contributed by atoms with Crippen LogP contribution in [0.3, 0.4) is 0 Å². The van der Waals surface area contributed by atoms with Crippen LogP contribution < -0.4 is 5.32 Å². The Morgan fingerprint density at radius 2 is 2.21 bits per heavy atom. The molecule has 4 nitrogen and oxygen atoms in total. The van der Waals surface area contributed by atoms with E-state index in [2.05, 4.69) is 10.4 Å². The van der Waals surface area contributed by atoms with Crippen molar-refractivity contribution in [3.05, 3.63) is 11.4 Å². The van der Waals surface area contributed by atoms with Gasteiger partial charge in [-0.1, -0.05) is 0 Å². The first-order valence-electron chi connectivity index (χ1n) is 4.42. The highest BCUT2D eigenvalue weighted by Gasteiger charge is 2.11. The molecule has 0 aromatic carbocycles. The number of amides is 1. The van der Waals surface area contributed by atoms with Crippen molar-refractivity contribution in [3.8, 4) is 0 Å². The van der Waals surface area contributed by atoms with Gasteiger partial charge in [-0.15, -0.1) is 11.6 Å². The van der Waals surface area contributed by atoms with E-state index in [1.807, 2.05) is 20.9 Å². The van der Waals surface area contributed by atoms with Crippen LogP contribution in [0, 0.1) is 13.8 Å². The Hall–Kier alpha value is -1.03. The predicted octanol–water partition coefficient (Wildman–Crippen LogP) is 1.60. The number of carbonyl (C=O) groups excluding carboxylic acids is 1. The van der Waals surface area contributed by atoms with Gasteiger partial charge in [-0.05, 0) is 13.8 Å². The Morgan fingerprint density at radius 1 is 1.57 bits per heavy atom. The minimum atomic E-state index is -0.0702. The van der Waals surface area contributed by atoms with Crippen LogP contribution in [0.2, 0.25) is 0 Å². The predicted molar refractivity (Wildman–Crippen MR) is 56.6 cm³/mol. The SMILES string of the molecule is Cc1nn(C)c(C)c1NC(=O)CCCl. The Morgan fingerprint density at radius 3 is 2.64 bits per heavy atom. The Balaban J connectivity index is 2.81. The number of anilines is 1. The standard InChI is InChI=1S/C9H14ClN3O/c1-6-9(7(2)13(3)12-6)11-8(14)4-5-10/h4-5H2,1-3H3,(H,11,14). The van der Waals surface area contributed by atoms with E-state index in [1.165, 1.54) is 0 Å². The highest BCUT2D eigenvalue weighted by molar-refractivity contribution is 6.19. The van der Waals surface area contributed by atoms with Gasteiger partial charge in [0.1, 0.15) is 0 Å². The second-order valence-electron chi connectivity index (χ2n) is 3.16. The maximum atomic E-state index is 11.3. The third-order valence-corrected chi connectivity index (χ3v) is 2.28. The molecule has 0 aliphatic carbocycles. The zero-order valence-electron chi connectivity index (χ0n) is 8.59. The molecule has 0 aliphatic heterocycles. The highest BCUT2D eigenvalue weighted by Crippen LogP contribution is 2.18. The molecule has 0 atom stereocenters. The van der Waals surface area contributed by atoms with Gasteiger partial charge in [0.05, 0.1) is 17.1 Å². The molecule has 1 aromatic heterocycles. The first-order chi connectivity index (χ1) is 6.56. The number of aryl methyl sites for hydroxylation is 2. The first kappa shape index (κ1) is 11.0. The van der Waals surface area contributed by atoms with E-state index in [4.69, 9.17) is 11.6 Å². The number of halogens is 1. The van der Waals surface area contributed by atoms with E-state index < -0.39 is 0 Å². The zero-order chi connectivity index (χ0) is 10.7. The van der Waals surface area contributed by atoms with Gasteiger partial charge in [0, 0.05) is 19.3 Å². The van der Waals surface area contributed by atoms with Crippen molar-refractivity contribution >= 4 is 23.2 Å². The normalized spacial score (nSPS) is 10.3. The molecule has 0 bridgehead atoms. The van der Waals surface area contributed by atoms with Crippen molar-refractivity contribution in [2.75, 3.05) is 11.2 Å². The topological polar surface area (TPSA) is 46.9 Å². The van der Waals surface area contributed by atoms with Crippen molar-refractivity contribution in [2.24, 2.45) is 7.05 Å². The fourth-order valence-electron chi connectivity index (χ4n) is 1.24. The van der Waals surface area contributed by atoms with E-state index in [-0.39, 0.29) is 5.91 Å². The lowest BCUT2D eigenvalue weighted by Crippen LogP contribution is -2.12. The minimum Gasteiger partial charge on any atom is -0.323 e. The molecule has 14 heavy (non-hydrogen) atoms. The van der Waals surface area contributed by atoms with Gasteiger partial charge in [0.2, 0.25) is 5.91 Å². The average molecular weight is 216 g/mol. The second-order valence-corrected chi connectivity index (χ2v) is 3.53. The van der Waals surface area contributed by atoms with Crippen LogP contribution in [0.5, 0.6) is 0 Å². The molecule has 0 radical (unpaired) electrons. The number of aromatic nitrogens is 2. The van der Waals surface area contributed by atoms with Crippen molar-refractivity contribution < 1.29 is 4.79 Å². The van der Waals surface area contributed by atoms with Crippen molar-refractivity contribution in [3.63, 3.8) is 0 Å². The number of hydrogen-bond donors (Lipinski definition) is 1. The highest BCUT2D eigenvalue weighted by atomic mass is 35.5. The van der Waals surface area contributed by atoms with E-state index >= 15 is 0 Å². The van der Waals surface area contributed by atoms with Crippen LogP contribution in [-0.2, 0) is 11.8 Å². The van der Waals surface area contributed by atoms with Crippen molar-refractivity contribution in [2.45, 2.75) is 20.3 Å². The van der Waals surface area contributed by atoms with Crippen LogP contribution in [0.15, 0.2) is 0 Å². The molecule has 1 aromatic rings. The fraction of sp³-hybridized carbons (Fsp3) is 0.556. The number of alkyl halides is 1. The molecular formula is C9H14ClN3O. The molecule has 0 fully saturated rings. The van der Waals surface area contributed by atoms with Gasteiger partial charge in [0.15, 0.2) is 0 Å². The Labute approximate surface area is 88.2 Å². The molecule has 1 rings (SSSR count). The number of hydrogen-bond acceptors (Lipinski definition) is 2. The van der Waals surface area contributed by atoms with Crippen LogP contribution in [0.4, 0.5) is 5.69 Å². The lowest BCUT2D eigenvalue weighted by atomic mass is 10.3. The fourth-order valence-corrected chi connectivity index (χ4v) is 1.41. The number of rotatable bonds is 3. The van der Waals surface area contributed by atoms with Gasteiger partial charge in [-0.3, -0.25) is 9.48 Å². The van der Waals surface area contributed by atoms with E-state index in [1.54, 1.807) is 4.68 Å². The van der Waals surface area contributed by atoms with Crippen molar-refractivity contribution in [1.82, 2.24) is 9.78 Å². The molecule has 1 N–H and O–H groups in total. The maximum absolute atomic E-state index is 11.3. The van der Waals surface area contributed by atoms with Gasteiger partial charge in [0.25, 0.3) is 0 Å². The van der Waals surface area contributed by atoms with Gasteiger partial charge < -0.3 is 5.32 Å². The molecule has 1 heterocycles. The summed E-state index contributed by atoms with van der Waals surface area (Å²) >= 11 is 5.47. The van der Waals surface area contributed by atoms with E-state index in [0.717, 1.165) is 17.1 Å². The average Bonchev–Trinajstić information content (AvgIpc) is 2.33. The van der Waals surface area contributed by atoms with Crippen LogP contribution >= 0.6 is 11.6 Å². The lowest BCUT2D eigenvalue weighted by molar-refractivity contribution is -0.115. The summed E-state index contributed by atoms with van der Waals surface area (Å²) in [7, 11) is 1.85. The van der Waals surface area contributed by atoms with Crippen molar-refractivity contribution in [1.29, 1.82) is 0 Å². The molecule has 0 spiro atoms. The summed E-state index contributed by atoms with van der Waals surface area (Å²) in [5, 5.41) is 6.99. The molecule has 5 heteroatoms. The van der Waals surface area contributed by atoms with Crippen LogP contribution in [0.1, 0.15) is 17.8 Å². The molecule has 0 saturated carbocycles. The smallest absolute Gasteiger partial charge is 0.225 e. The summed E-state index contributed by atoms with van der Waals surface area (Å²) in [6.07, 6.45) is 0.329. The summed E-state index contributed by atoms with van der Waals surface area (Å²) in [4.78, 5) is 11.3. The van der Waals surface area contributed by atoms with E-state index in [0.29, 0.717) is 12.3 Å². The Kier molecular flexibility index (Phi) is 3.52. The summed E-state index contributed by atoms with van der Waals surface area (Å²) in [5.41, 5.74) is 2.57. The number of carbonyl (C=O) groups is 1. The molecule has 0 aliphatic rings. The first-order valence-corrected chi connectivity index (χ1v) is 4.95. The van der Waals surface area contributed by atoms with Gasteiger partial charge in [-0.2, -0.15) is 5.10 Å². The summed E-state index contributed by atoms with van der Waals surface area (Å²) < 4.78 is 1.74. The quantitative estimate of drug-likeness (QED) is 0.779. The summed E-state index contributed by atoms with van der Waals surface area (Å²) in [6, 6.07) is 0. The van der Waals surface area contributed by atoms with E-state index in [9.17, 15) is 4.79 Å². The Bertz CT molecular complexity index is 346. The molecular weight excluding hydrogens is 202 g/mol. The summed E-state index contributed by atoms with van der Waals surface area (Å²) in [6.45, 7) is 3.78. The lowest BCUT2D eigenvalue weighted by Gasteiger charge is -2.03. The third-order valence-electron chi connectivity index (χ3n) is 2.09. The summed E-state index contributed by atoms with van der Waals surface area (Å²) in [5.74, 6) is 0.267. The minimum absolute atomic E-state index is 0.0702.